The number of aromatic nitrogens is 1. The minimum absolute atomic E-state index is 0.109. The second-order valence-electron chi connectivity index (χ2n) is 9.70. The van der Waals surface area contributed by atoms with Crippen LogP contribution >= 0.6 is 11.3 Å². The molecular weight excluding hydrogens is 538 g/mol. The number of nitrogens with zero attached hydrogens (tertiary/aromatic N) is 5. The first-order valence-corrected chi connectivity index (χ1v) is 15.2. The number of rotatable bonds is 9. The molecule has 0 atom stereocenters. The number of piperazine rings is 1. The van der Waals surface area contributed by atoms with E-state index in [1.165, 1.54) is 32.7 Å². The third kappa shape index (κ3) is 6.75. The van der Waals surface area contributed by atoms with Crippen LogP contribution in [0.1, 0.15) is 29.3 Å². The van der Waals surface area contributed by atoms with Crippen molar-refractivity contribution < 1.29 is 22.7 Å². The van der Waals surface area contributed by atoms with Crippen LogP contribution in [0.2, 0.25) is 0 Å². The SMILES string of the molecule is CCOC(=O)N1CCN(S(=O)(=O)c2ccc(C(=O)N(CCCN(C)C)c3nc4ccc(C)cc4s3)cc2)CC1. The summed E-state index contributed by atoms with van der Waals surface area (Å²) in [4.78, 5) is 35.7. The average molecular weight is 574 g/mol. The number of carbonyl (C=O) groups is 2. The Morgan fingerprint density at radius 3 is 2.36 bits per heavy atom. The molecule has 1 saturated heterocycles. The van der Waals surface area contributed by atoms with E-state index in [1.807, 2.05) is 33.2 Å². The van der Waals surface area contributed by atoms with Gasteiger partial charge in [-0.1, -0.05) is 17.4 Å². The van der Waals surface area contributed by atoms with Gasteiger partial charge in [0.2, 0.25) is 10.0 Å². The van der Waals surface area contributed by atoms with Crippen molar-refractivity contribution in [3.63, 3.8) is 0 Å². The second-order valence-corrected chi connectivity index (χ2v) is 12.6. The molecule has 0 aliphatic carbocycles. The summed E-state index contributed by atoms with van der Waals surface area (Å²) in [7, 11) is 0.208. The summed E-state index contributed by atoms with van der Waals surface area (Å²) < 4.78 is 33.9. The highest BCUT2D eigenvalue weighted by atomic mass is 32.2. The molecule has 0 saturated carbocycles. The lowest BCUT2D eigenvalue weighted by atomic mass is 10.2. The van der Waals surface area contributed by atoms with Crippen molar-refractivity contribution in [1.29, 1.82) is 0 Å². The van der Waals surface area contributed by atoms with Gasteiger partial charge in [0.1, 0.15) is 0 Å². The van der Waals surface area contributed by atoms with Crippen molar-refractivity contribution in [2.45, 2.75) is 25.2 Å². The van der Waals surface area contributed by atoms with Crippen LogP contribution in [0.25, 0.3) is 10.2 Å². The molecule has 1 aliphatic heterocycles. The van der Waals surface area contributed by atoms with Crippen LogP contribution in [0.15, 0.2) is 47.4 Å². The molecule has 210 valence electrons. The summed E-state index contributed by atoms with van der Waals surface area (Å²) in [6.07, 6.45) is 0.327. The number of aryl methyl sites for hydroxylation is 1. The molecule has 1 fully saturated rings. The highest BCUT2D eigenvalue weighted by Crippen LogP contribution is 2.31. The number of hydrogen-bond acceptors (Lipinski definition) is 8. The number of hydrogen-bond donors (Lipinski definition) is 0. The molecule has 0 unspecified atom stereocenters. The number of ether oxygens (including phenoxy) is 1. The van der Waals surface area contributed by atoms with Crippen molar-refractivity contribution >= 4 is 48.7 Å². The Kier molecular flexibility index (Phi) is 9.21. The zero-order valence-electron chi connectivity index (χ0n) is 22.8. The largest absolute Gasteiger partial charge is 0.450 e. The minimum Gasteiger partial charge on any atom is -0.450 e. The Balaban J connectivity index is 1.51. The van der Waals surface area contributed by atoms with Gasteiger partial charge in [0, 0.05) is 38.3 Å². The van der Waals surface area contributed by atoms with Gasteiger partial charge in [-0.2, -0.15) is 4.31 Å². The highest BCUT2D eigenvalue weighted by Gasteiger charge is 2.31. The Morgan fingerprint density at radius 1 is 1.03 bits per heavy atom. The number of sulfonamides is 1. The number of benzene rings is 2. The molecule has 4 rings (SSSR count). The van der Waals surface area contributed by atoms with E-state index in [0.717, 1.165) is 28.7 Å². The van der Waals surface area contributed by atoms with E-state index >= 15 is 0 Å². The summed E-state index contributed by atoms with van der Waals surface area (Å²) >= 11 is 1.47. The lowest BCUT2D eigenvalue weighted by molar-refractivity contribution is 0.0933. The molecular formula is C27H35N5O5S2. The van der Waals surface area contributed by atoms with Crippen molar-refractivity contribution in [3.8, 4) is 0 Å². The van der Waals surface area contributed by atoms with Crippen molar-refractivity contribution in [1.82, 2.24) is 19.1 Å². The number of carbonyl (C=O) groups excluding carboxylic acids is 2. The van der Waals surface area contributed by atoms with Crippen LogP contribution in [-0.4, -0.2) is 99.5 Å². The molecule has 10 nitrogen and oxygen atoms in total. The maximum absolute atomic E-state index is 13.7. The Hall–Kier alpha value is -3.06. The summed E-state index contributed by atoms with van der Waals surface area (Å²) in [6.45, 7) is 6.21. The molecule has 2 aromatic carbocycles. The molecule has 39 heavy (non-hydrogen) atoms. The molecule has 1 aromatic heterocycles. The number of amides is 2. The van der Waals surface area contributed by atoms with Gasteiger partial charge in [0.25, 0.3) is 5.91 Å². The maximum Gasteiger partial charge on any atom is 0.409 e. The van der Waals surface area contributed by atoms with Crippen LogP contribution in [0, 0.1) is 6.92 Å². The highest BCUT2D eigenvalue weighted by molar-refractivity contribution is 7.89. The van der Waals surface area contributed by atoms with E-state index in [-0.39, 0.29) is 43.6 Å². The number of thiazole rings is 1. The molecule has 3 aromatic rings. The van der Waals surface area contributed by atoms with Crippen LogP contribution in [0.3, 0.4) is 0 Å². The van der Waals surface area contributed by atoms with E-state index < -0.39 is 16.1 Å². The smallest absolute Gasteiger partial charge is 0.409 e. The normalized spacial score (nSPS) is 14.6. The summed E-state index contributed by atoms with van der Waals surface area (Å²) in [6, 6.07) is 12.1. The third-order valence-electron chi connectivity index (χ3n) is 6.50. The van der Waals surface area contributed by atoms with Crippen molar-refractivity contribution in [3.05, 3.63) is 53.6 Å². The molecule has 2 amide bonds. The first-order valence-electron chi connectivity index (χ1n) is 13.0. The fourth-order valence-electron chi connectivity index (χ4n) is 4.36. The predicted molar refractivity (Wildman–Crippen MR) is 153 cm³/mol. The van der Waals surface area contributed by atoms with Gasteiger partial charge in [-0.05, 0) is 82.9 Å². The van der Waals surface area contributed by atoms with Crippen molar-refractivity contribution in [2.75, 3.05) is 64.9 Å². The van der Waals surface area contributed by atoms with Crippen LogP contribution < -0.4 is 4.90 Å². The van der Waals surface area contributed by atoms with E-state index in [9.17, 15) is 18.0 Å². The molecule has 0 radical (unpaired) electrons. The Labute approximate surface area is 233 Å². The second kappa shape index (κ2) is 12.4. The van der Waals surface area contributed by atoms with Gasteiger partial charge in [0.05, 0.1) is 21.7 Å². The van der Waals surface area contributed by atoms with Gasteiger partial charge in [0.15, 0.2) is 5.13 Å². The van der Waals surface area contributed by atoms with Gasteiger partial charge in [-0.3, -0.25) is 9.69 Å². The van der Waals surface area contributed by atoms with Crippen molar-refractivity contribution in [2.24, 2.45) is 0 Å². The fourth-order valence-corrected chi connectivity index (χ4v) is 6.87. The van der Waals surface area contributed by atoms with Gasteiger partial charge >= 0.3 is 6.09 Å². The van der Waals surface area contributed by atoms with Crippen LogP contribution in [-0.2, 0) is 14.8 Å². The Bertz CT molecular complexity index is 1410. The standard InChI is InChI=1S/C27H35N5O5S2/c1-5-37-27(34)30-15-17-31(18-16-30)39(35,36)22-10-8-21(9-11-22)25(33)32(14-6-13-29(3)4)26-28-23-12-7-20(2)19-24(23)38-26/h7-12,19H,5-6,13-18H2,1-4H3. The van der Waals surface area contributed by atoms with E-state index in [0.29, 0.717) is 17.2 Å². The number of fused-ring (bicyclic) bond motifs is 1. The predicted octanol–water partition coefficient (Wildman–Crippen LogP) is 3.67. The summed E-state index contributed by atoms with van der Waals surface area (Å²) in [5, 5.41) is 0.621. The minimum atomic E-state index is -3.77. The molecule has 1 aliphatic rings. The molecule has 2 heterocycles. The first kappa shape index (κ1) is 28.9. The van der Waals surface area contributed by atoms with E-state index in [4.69, 9.17) is 9.72 Å². The van der Waals surface area contributed by atoms with Crippen LogP contribution in [0.4, 0.5) is 9.93 Å². The third-order valence-corrected chi connectivity index (χ3v) is 9.45. The van der Waals surface area contributed by atoms with Gasteiger partial charge < -0.3 is 14.5 Å². The van der Waals surface area contributed by atoms with E-state index in [2.05, 4.69) is 11.0 Å². The summed E-state index contributed by atoms with van der Waals surface area (Å²) in [5.74, 6) is -0.225. The fraction of sp³-hybridized carbons (Fsp3) is 0.444. The lowest BCUT2D eigenvalue weighted by Crippen LogP contribution is -2.50. The molecule has 12 heteroatoms. The van der Waals surface area contributed by atoms with Crippen LogP contribution in [0.5, 0.6) is 0 Å². The van der Waals surface area contributed by atoms with Gasteiger partial charge in [-0.15, -0.1) is 0 Å². The zero-order valence-corrected chi connectivity index (χ0v) is 24.4. The monoisotopic (exact) mass is 573 g/mol. The first-order chi connectivity index (χ1) is 18.6. The topological polar surface area (TPSA) is 103 Å². The Morgan fingerprint density at radius 2 is 1.72 bits per heavy atom. The molecule has 0 N–H and O–H groups in total. The van der Waals surface area contributed by atoms with E-state index in [1.54, 1.807) is 24.0 Å². The average Bonchev–Trinajstić information content (AvgIpc) is 3.33. The number of anilines is 1. The molecule has 0 bridgehead atoms. The summed E-state index contributed by atoms with van der Waals surface area (Å²) in [5.41, 5.74) is 2.36. The maximum atomic E-state index is 13.7. The molecule has 0 spiro atoms. The van der Waals surface area contributed by atoms with Gasteiger partial charge in [-0.25, -0.2) is 18.2 Å². The lowest BCUT2D eigenvalue weighted by Gasteiger charge is -2.33. The zero-order chi connectivity index (χ0) is 28.2. The quantitative estimate of drug-likeness (QED) is 0.385.